The molecule has 20 heavy (non-hydrogen) atoms. The number of hydrogen-bond acceptors (Lipinski definition) is 4. The summed E-state index contributed by atoms with van der Waals surface area (Å²) >= 11 is 5.50. The van der Waals surface area contributed by atoms with Gasteiger partial charge in [-0.1, -0.05) is 59.3 Å². The summed E-state index contributed by atoms with van der Waals surface area (Å²) in [5.41, 5.74) is 0. The molecule has 0 bridgehead atoms. The highest BCUT2D eigenvalue weighted by atomic mass is 32.5. The SMILES string of the molecule is CCCCCOP(=S)(OCCCCC)OCCCCC. The molecular weight excluding hydrogens is 291 g/mol. The second-order valence-electron chi connectivity index (χ2n) is 5.07. The summed E-state index contributed by atoms with van der Waals surface area (Å²) in [6, 6.07) is 0. The monoisotopic (exact) mass is 324 g/mol. The van der Waals surface area contributed by atoms with E-state index in [0.29, 0.717) is 19.8 Å². The van der Waals surface area contributed by atoms with Crippen LogP contribution in [0.25, 0.3) is 0 Å². The largest absolute Gasteiger partial charge is 0.327 e. The van der Waals surface area contributed by atoms with Crippen molar-refractivity contribution in [3.05, 3.63) is 0 Å². The van der Waals surface area contributed by atoms with Gasteiger partial charge in [0.1, 0.15) is 0 Å². The summed E-state index contributed by atoms with van der Waals surface area (Å²) in [7, 11) is 0. The Hall–Kier alpha value is 0.530. The van der Waals surface area contributed by atoms with Crippen LogP contribution < -0.4 is 0 Å². The highest BCUT2D eigenvalue weighted by molar-refractivity contribution is 8.07. The van der Waals surface area contributed by atoms with Crippen molar-refractivity contribution in [2.75, 3.05) is 19.8 Å². The highest BCUT2D eigenvalue weighted by Crippen LogP contribution is 2.50. The molecule has 0 aromatic heterocycles. The molecule has 0 saturated heterocycles. The third-order valence-electron chi connectivity index (χ3n) is 2.99. The van der Waals surface area contributed by atoms with Crippen LogP contribution >= 0.6 is 6.72 Å². The topological polar surface area (TPSA) is 27.7 Å². The van der Waals surface area contributed by atoms with Gasteiger partial charge in [-0.25, -0.2) is 0 Å². The average molecular weight is 324 g/mol. The molecule has 0 spiro atoms. The molecule has 0 aliphatic rings. The highest BCUT2D eigenvalue weighted by Gasteiger charge is 2.20. The Labute approximate surface area is 131 Å². The molecule has 0 fully saturated rings. The molecule has 0 aliphatic heterocycles. The third kappa shape index (κ3) is 12.3. The molecule has 0 unspecified atom stereocenters. The summed E-state index contributed by atoms with van der Waals surface area (Å²) in [5, 5.41) is 0. The van der Waals surface area contributed by atoms with Crippen LogP contribution in [-0.4, -0.2) is 19.8 Å². The number of rotatable bonds is 15. The molecular formula is C15H33O3PS. The molecule has 122 valence electrons. The second kappa shape index (κ2) is 14.5. The first-order valence-electron chi connectivity index (χ1n) is 8.22. The van der Waals surface area contributed by atoms with Gasteiger partial charge < -0.3 is 13.6 Å². The quantitative estimate of drug-likeness (QED) is 0.280. The van der Waals surface area contributed by atoms with E-state index in [9.17, 15) is 0 Å². The third-order valence-corrected chi connectivity index (χ3v) is 5.44. The molecule has 0 aliphatic carbocycles. The fourth-order valence-electron chi connectivity index (χ4n) is 1.70. The minimum absolute atomic E-state index is 0.659. The maximum Gasteiger partial charge on any atom is 0.327 e. The van der Waals surface area contributed by atoms with Gasteiger partial charge in [-0.05, 0) is 31.1 Å². The van der Waals surface area contributed by atoms with Gasteiger partial charge in [0.05, 0.1) is 19.8 Å². The first-order chi connectivity index (χ1) is 9.68. The molecule has 0 N–H and O–H groups in total. The summed E-state index contributed by atoms with van der Waals surface area (Å²) in [4.78, 5) is 0. The molecule has 0 aromatic carbocycles. The molecule has 0 rings (SSSR count). The van der Waals surface area contributed by atoms with E-state index in [1.807, 2.05) is 0 Å². The molecule has 0 radical (unpaired) electrons. The molecule has 5 heteroatoms. The van der Waals surface area contributed by atoms with Crippen LogP contribution in [0.3, 0.4) is 0 Å². The van der Waals surface area contributed by atoms with Crippen molar-refractivity contribution in [2.24, 2.45) is 0 Å². The summed E-state index contributed by atoms with van der Waals surface area (Å²) in [5.74, 6) is 0. The number of unbranched alkanes of at least 4 members (excludes halogenated alkanes) is 6. The number of hydrogen-bond donors (Lipinski definition) is 0. The Kier molecular flexibility index (Phi) is 14.8. The fourth-order valence-corrected chi connectivity index (χ4v) is 3.65. The van der Waals surface area contributed by atoms with Crippen LogP contribution in [-0.2, 0) is 25.4 Å². The van der Waals surface area contributed by atoms with Gasteiger partial charge in [-0.2, -0.15) is 0 Å². The van der Waals surface area contributed by atoms with E-state index < -0.39 is 6.72 Å². The second-order valence-corrected chi connectivity index (χ2v) is 8.08. The predicted molar refractivity (Wildman–Crippen MR) is 90.7 cm³/mol. The Morgan fingerprint density at radius 2 is 0.900 bits per heavy atom. The maximum absolute atomic E-state index is 5.77. The summed E-state index contributed by atoms with van der Waals surface area (Å²) in [6.45, 7) is 6.01. The zero-order chi connectivity index (χ0) is 15.1. The Balaban J connectivity index is 4.02. The lowest BCUT2D eigenvalue weighted by atomic mass is 10.3. The normalized spacial score (nSPS) is 11.9. The lowest BCUT2D eigenvalue weighted by Gasteiger charge is -2.22. The van der Waals surface area contributed by atoms with Crippen LogP contribution in [0.15, 0.2) is 0 Å². The van der Waals surface area contributed by atoms with E-state index in [-0.39, 0.29) is 0 Å². The van der Waals surface area contributed by atoms with Crippen LogP contribution in [0.1, 0.15) is 78.6 Å². The zero-order valence-electron chi connectivity index (χ0n) is 13.6. The Bertz CT molecular complexity index is 211. The minimum Gasteiger partial charge on any atom is -0.309 e. The Morgan fingerprint density at radius 3 is 1.15 bits per heavy atom. The molecule has 0 atom stereocenters. The van der Waals surface area contributed by atoms with Gasteiger partial charge in [0.15, 0.2) is 0 Å². The van der Waals surface area contributed by atoms with Crippen molar-refractivity contribution in [3.63, 3.8) is 0 Å². The summed E-state index contributed by atoms with van der Waals surface area (Å²) < 4.78 is 17.3. The first kappa shape index (κ1) is 20.5. The Morgan fingerprint density at radius 1 is 0.600 bits per heavy atom. The van der Waals surface area contributed by atoms with Gasteiger partial charge in [0.2, 0.25) is 0 Å². The van der Waals surface area contributed by atoms with E-state index in [1.165, 1.54) is 38.5 Å². The van der Waals surface area contributed by atoms with Gasteiger partial charge in [0, 0.05) is 0 Å². The standard InChI is InChI=1S/C15H33O3PS/c1-4-7-10-13-16-19(20,17-14-11-8-5-2)18-15-12-9-6-3/h4-15H2,1-3H3. The van der Waals surface area contributed by atoms with Gasteiger partial charge in [0.25, 0.3) is 0 Å². The maximum atomic E-state index is 5.77. The van der Waals surface area contributed by atoms with Crippen molar-refractivity contribution in [3.8, 4) is 0 Å². The molecule has 0 heterocycles. The van der Waals surface area contributed by atoms with Crippen LogP contribution in [0.4, 0.5) is 0 Å². The summed E-state index contributed by atoms with van der Waals surface area (Å²) in [6.07, 6.45) is 10.1. The van der Waals surface area contributed by atoms with Crippen molar-refractivity contribution >= 4 is 18.5 Å². The van der Waals surface area contributed by atoms with E-state index >= 15 is 0 Å². The lowest BCUT2D eigenvalue weighted by molar-refractivity contribution is 0.151. The van der Waals surface area contributed by atoms with Crippen LogP contribution in [0, 0.1) is 0 Å². The van der Waals surface area contributed by atoms with Gasteiger partial charge in [-0.15, -0.1) is 0 Å². The average Bonchev–Trinajstić information content (AvgIpc) is 2.45. The predicted octanol–water partition coefficient (Wildman–Crippen LogP) is 5.83. The van der Waals surface area contributed by atoms with Gasteiger partial charge >= 0.3 is 6.72 Å². The van der Waals surface area contributed by atoms with Crippen molar-refractivity contribution < 1.29 is 13.6 Å². The van der Waals surface area contributed by atoms with Crippen molar-refractivity contribution in [1.82, 2.24) is 0 Å². The van der Waals surface area contributed by atoms with E-state index in [2.05, 4.69) is 20.8 Å². The molecule has 0 saturated carbocycles. The first-order valence-corrected chi connectivity index (χ1v) is 10.8. The zero-order valence-corrected chi connectivity index (χ0v) is 15.3. The van der Waals surface area contributed by atoms with Crippen molar-refractivity contribution in [2.45, 2.75) is 78.6 Å². The smallest absolute Gasteiger partial charge is 0.309 e. The van der Waals surface area contributed by atoms with Crippen LogP contribution in [0.5, 0.6) is 0 Å². The molecule has 0 amide bonds. The molecule has 0 aromatic rings. The van der Waals surface area contributed by atoms with Crippen LogP contribution in [0.2, 0.25) is 0 Å². The van der Waals surface area contributed by atoms with E-state index in [1.54, 1.807) is 0 Å². The minimum atomic E-state index is -2.51. The van der Waals surface area contributed by atoms with E-state index in [0.717, 1.165) is 19.3 Å². The van der Waals surface area contributed by atoms with Gasteiger partial charge in [-0.3, -0.25) is 0 Å². The van der Waals surface area contributed by atoms with Crippen molar-refractivity contribution in [1.29, 1.82) is 0 Å². The van der Waals surface area contributed by atoms with E-state index in [4.69, 9.17) is 25.4 Å². The molecule has 3 nitrogen and oxygen atoms in total. The lowest BCUT2D eigenvalue weighted by Crippen LogP contribution is -2.04. The fraction of sp³-hybridized carbons (Fsp3) is 1.00.